The Bertz CT molecular complexity index is 522. The topological polar surface area (TPSA) is 80.0 Å². The average Bonchev–Trinajstić information content (AvgIpc) is 2.98. The average molecular weight is 260 g/mol. The molecule has 3 heterocycles. The number of piperazine rings is 1. The maximum absolute atomic E-state index is 5.28. The van der Waals surface area contributed by atoms with Crippen molar-refractivity contribution in [2.24, 2.45) is 0 Å². The minimum Gasteiger partial charge on any atom is -0.334 e. The SMILES string of the molecule is CC(c1noc(-c2cncnc2)n1)N1CCNCC1. The molecule has 0 saturated carbocycles. The van der Waals surface area contributed by atoms with Gasteiger partial charge in [0, 0.05) is 38.6 Å². The standard InChI is InChI=1S/C12H16N6O/c1-9(18-4-2-13-3-5-18)11-16-12(19-17-11)10-6-14-8-15-7-10/h6-9,13H,2-5H2,1H3. The normalized spacial score (nSPS) is 18.4. The van der Waals surface area contributed by atoms with Gasteiger partial charge < -0.3 is 9.84 Å². The van der Waals surface area contributed by atoms with Crippen LogP contribution in [-0.2, 0) is 0 Å². The molecule has 1 saturated heterocycles. The van der Waals surface area contributed by atoms with E-state index in [-0.39, 0.29) is 6.04 Å². The molecule has 0 spiro atoms. The van der Waals surface area contributed by atoms with Gasteiger partial charge in [-0.05, 0) is 6.92 Å². The predicted octanol–water partition coefficient (Wildman–Crippen LogP) is 0.493. The first kappa shape index (κ1) is 12.2. The van der Waals surface area contributed by atoms with Crippen LogP contribution in [0.5, 0.6) is 0 Å². The zero-order valence-electron chi connectivity index (χ0n) is 10.8. The Kier molecular flexibility index (Phi) is 3.47. The van der Waals surface area contributed by atoms with E-state index in [9.17, 15) is 0 Å². The quantitative estimate of drug-likeness (QED) is 0.860. The molecule has 1 aliphatic rings. The highest BCUT2D eigenvalue weighted by Crippen LogP contribution is 2.21. The Labute approximate surface area is 111 Å². The molecular weight excluding hydrogens is 244 g/mol. The highest BCUT2D eigenvalue weighted by atomic mass is 16.5. The van der Waals surface area contributed by atoms with Gasteiger partial charge in [-0.2, -0.15) is 4.98 Å². The molecule has 2 aromatic heterocycles. The molecule has 2 aromatic rings. The van der Waals surface area contributed by atoms with Crippen LogP contribution in [-0.4, -0.2) is 51.2 Å². The maximum atomic E-state index is 5.28. The maximum Gasteiger partial charge on any atom is 0.261 e. The number of hydrogen-bond donors (Lipinski definition) is 1. The molecule has 1 N–H and O–H groups in total. The molecule has 7 nitrogen and oxygen atoms in total. The summed E-state index contributed by atoms with van der Waals surface area (Å²) in [5.74, 6) is 1.18. The Hall–Kier alpha value is -1.86. The molecule has 19 heavy (non-hydrogen) atoms. The summed E-state index contributed by atoms with van der Waals surface area (Å²) in [6.45, 7) is 6.10. The Morgan fingerprint density at radius 1 is 1.26 bits per heavy atom. The second kappa shape index (κ2) is 5.41. The summed E-state index contributed by atoms with van der Waals surface area (Å²) in [6.07, 6.45) is 4.81. The van der Waals surface area contributed by atoms with Crippen molar-refractivity contribution in [3.05, 3.63) is 24.5 Å². The van der Waals surface area contributed by atoms with Gasteiger partial charge in [0.15, 0.2) is 5.82 Å². The van der Waals surface area contributed by atoms with E-state index in [0.29, 0.717) is 11.7 Å². The minimum absolute atomic E-state index is 0.157. The summed E-state index contributed by atoms with van der Waals surface area (Å²) in [4.78, 5) is 14.7. The third-order valence-electron chi connectivity index (χ3n) is 3.32. The van der Waals surface area contributed by atoms with Crippen molar-refractivity contribution in [1.82, 2.24) is 30.3 Å². The fraction of sp³-hybridized carbons (Fsp3) is 0.500. The van der Waals surface area contributed by atoms with Crippen LogP contribution < -0.4 is 5.32 Å². The summed E-state index contributed by atoms with van der Waals surface area (Å²) in [5.41, 5.74) is 0.744. The zero-order chi connectivity index (χ0) is 13.1. The fourth-order valence-electron chi connectivity index (χ4n) is 2.16. The molecule has 3 rings (SSSR count). The Morgan fingerprint density at radius 3 is 2.74 bits per heavy atom. The second-order valence-electron chi connectivity index (χ2n) is 4.55. The first-order valence-electron chi connectivity index (χ1n) is 6.38. The Morgan fingerprint density at radius 2 is 2.00 bits per heavy atom. The summed E-state index contributed by atoms with van der Waals surface area (Å²) in [7, 11) is 0. The monoisotopic (exact) mass is 260 g/mol. The van der Waals surface area contributed by atoms with Crippen molar-refractivity contribution in [1.29, 1.82) is 0 Å². The van der Waals surface area contributed by atoms with Crippen molar-refractivity contribution in [3.63, 3.8) is 0 Å². The van der Waals surface area contributed by atoms with Gasteiger partial charge in [-0.15, -0.1) is 0 Å². The van der Waals surface area contributed by atoms with Crippen LogP contribution in [0.3, 0.4) is 0 Å². The van der Waals surface area contributed by atoms with Gasteiger partial charge in [-0.1, -0.05) is 5.16 Å². The van der Waals surface area contributed by atoms with E-state index >= 15 is 0 Å². The predicted molar refractivity (Wildman–Crippen MR) is 68.2 cm³/mol. The molecule has 0 aromatic carbocycles. The van der Waals surface area contributed by atoms with Crippen LogP contribution in [0.25, 0.3) is 11.5 Å². The van der Waals surface area contributed by atoms with Crippen LogP contribution >= 0.6 is 0 Å². The molecule has 1 aliphatic heterocycles. The van der Waals surface area contributed by atoms with Gasteiger partial charge in [0.25, 0.3) is 5.89 Å². The van der Waals surface area contributed by atoms with Crippen molar-refractivity contribution < 1.29 is 4.52 Å². The van der Waals surface area contributed by atoms with Crippen LogP contribution in [0.2, 0.25) is 0 Å². The number of hydrogen-bond acceptors (Lipinski definition) is 7. The molecule has 1 atom stereocenters. The zero-order valence-corrected chi connectivity index (χ0v) is 10.8. The number of nitrogens with one attached hydrogen (secondary N) is 1. The highest BCUT2D eigenvalue weighted by Gasteiger charge is 2.22. The molecule has 0 amide bonds. The first-order chi connectivity index (χ1) is 9.34. The lowest BCUT2D eigenvalue weighted by atomic mass is 10.2. The molecule has 0 aliphatic carbocycles. The minimum atomic E-state index is 0.157. The van der Waals surface area contributed by atoms with Gasteiger partial charge in [-0.3, -0.25) is 4.90 Å². The molecule has 0 bridgehead atoms. The van der Waals surface area contributed by atoms with Gasteiger partial charge in [0.05, 0.1) is 11.6 Å². The molecule has 1 unspecified atom stereocenters. The number of aromatic nitrogens is 4. The largest absolute Gasteiger partial charge is 0.334 e. The lowest BCUT2D eigenvalue weighted by Gasteiger charge is -2.30. The molecule has 0 radical (unpaired) electrons. The van der Waals surface area contributed by atoms with E-state index in [1.807, 2.05) is 0 Å². The third-order valence-corrected chi connectivity index (χ3v) is 3.32. The molecule has 7 heteroatoms. The van der Waals surface area contributed by atoms with Crippen LogP contribution in [0.1, 0.15) is 18.8 Å². The van der Waals surface area contributed by atoms with E-state index in [2.05, 4.69) is 37.2 Å². The first-order valence-corrected chi connectivity index (χ1v) is 6.38. The second-order valence-corrected chi connectivity index (χ2v) is 4.55. The summed E-state index contributed by atoms with van der Waals surface area (Å²) < 4.78 is 5.28. The van der Waals surface area contributed by atoms with E-state index in [1.54, 1.807) is 12.4 Å². The molecule has 1 fully saturated rings. The van der Waals surface area contributed by atoms with Gasteiger partial charge in [-0.25, -0.2) is 9.97 Å². The summed E-state index contributed by atoms with van der Waals surface area (Å²) >= 11 is 0. The molecule has 100 valence electrons. The molecular formula is C12H16N6O. The van der Waals surface area contributed by atoms with Crippen molar-refractivity contribution in [3.8, 4) is 11.5 Å². The third kappa shape index (κ3) is 2.61. The summed E-state index contributed by atoms with van der Waals surface area (Å²) in [6, 6.07) is 0.157. The number of nitrogens with zero attached hydrogens (tertiary/aromatic N) is 5. The lowest BCUT2D eigenvalue weighted by molar-refractivity contribution is 0.176. The van der Waals surface area contributed by atoms with Crippen LogP contribution in [0, 0.1) is 0 Å². The van der Waals surface area contributed by atoms with Crippen molar-refractivity contribution in [2.75, 3.05) is 26.2 Å². The number of rotatable bonds is 3. The highest BCUT2D eigenvalue weighted by molar-refractivity contribution is 5.48. The van der Waals surface area contributed by atoms with Gasteiger partial charge in [0.1, 0.15) is 6.33 Å². The van der Waals surface area contributed by atoms with Gasteiger partial charge >= 0.3 is 0 Å². The Balaban J connectivity index is 1.77. The van der Waals surface area contributed by atoms with E-state index in [1.165, 1.54) is 6.33 Å². The smallest absolute Gasteiger partial charge is 0.261 e. The lowest BCUT2D eigenvalue weighted by Crippen LogP contribution is -2.44. The van der Waals surface area contributed by atoms with E-state index in [0.717, 1.165) is 31.7 Å². The van der Waals surface area contributed by atoms with Crippen LogP contribution in [0.4, 0.5) is 0 Å². The van der Waals surface area contributed by atoms with Crippen molar-refractivity contribution >= 4 is 0 Å². The van der Waals surface area contributed by atoms with E-state index in [4.69, 9.17) is 4.52 Å². The summed E-state index contributed by atoms with van der Waals surface area (Å²) in [5, 5.41) is 7.39. The fourth-order valence-corrected chi connectivity index (χ4v) is 2.16. The van der Waals surface area contributed by atoms with Gasteiger partial charge in [0.2, 0.25) is 0 Å². The van der Waals surface area contributed by atoms with E-state index < -0.39 is 0 Å². The van der Waals surface area contributed by atoms with Crippen molar-refractivity contribution in [2.45, 2.75) is 13.0 Å². The van der Waals surface area contributed by atoms with Crippen LogP contribution in [0.15, 0.2) is 23.2 Å².